The fourth-order valence-electron chi connectivity index (χ4n) is 2.12. The molecule has 0 aliphatic carbocycles. The molecule has 0 spiro atoms. The third-order valence-electron chi connectivity index (χ3n) is 3.14. The predicted octanol–water partition coefficient (Wildman–Crippen LogP) is 3.08. The highest BCUT2D eigenvalue weighted by Gasteiger charge is 2.23. The second-order valence-electron chi connectivity index (χ2n) is 6.61. The zero-order valence-electron chi connectivity index (χ0n) is 14.8. The third-order valence-corrected chi connectivity index (χ3v) is 3.14. The second kappa shape index (κ2) is 8.47. The first kappa shape index (κ1) is 19.7. The van der Waals surface area contributed by atoms with Crippen LogP contribution in [0.15, 0.2) is 24.3 Å². The van der Waals surface area contributed by atoms with Crippen molar-refractivity contribution in [2.45, 2.75) is 52.2 Å². The Morgan fingerprint density at radius 1 is 1.21 bits per heavy atom. The molecule has 0 saturated heterocycles. The summed E-state index contributed by atoms with van der Waals surface area (Å²) in [5.41, 5.74) is 1.14. The molecule has 6 heteroatoms. The van der Waals surface area contributed by atoms with Gasteiger partial charge in [-0.1, -0.05) is 29.8 Å². The van der Waals surface area contributed by atoms with Gasteiger partial charge in [0.15, 0.2) is 0 Å². The summed E-state index contributed by atoms with van der Waals surface area (Å²) in [6, 6.07) is 6.90. The average Bonchev–Trinajstić information content (AvgIpc) is 2.44. The summed E-state index contributed by atoms with van der Waals surface area (Å²) in [6.45, 7) is 7.20. The molecule has 0 fully saturated rings. The Kier molecular flexibility index (Phi) is 6.95. The average molecular weight is 335 g/mol. The largest absolute Gasteiger partial charge is 0.469 e. The van der Waals surface area contributed by atoms with Crippen molar-refractivity contribution in [3.63, 3.8) is 0 Å². The molecule has 24 heavy (non-hydrogen) atoms. The van der Waals surface area contributed by atoms with Gasteiger partial charge in [-0.3, -0.25) is 9.59 Å². The van der Waals surface area contributed by atoms with Gasteiger partial charge in [0.2, 0.25) is 0 Å². The first-order valence-electron chi connectivity index (χ1n) is 7.75. The highest BCUT2D eigenvalue weighted by atomic mass is 16.6. The van der Waals surface area contributed by atoms with Gasteiger partial charge in [0.25, 0.3) is 0 Å². The van der Waals surface area contributed by atoms with Crippen molar-refractivity contribution in [3.8, 4) is 0 Å². The number of hydrogen-bond donors (Lipinski definition) is 1. The van der Waals surface area contributed by atoms with Gasteiger partial charge >= 0.3 is 12.1 Å². The summed E-state index contributed by atoms with van der Waals surface area (Å²) < 4.78 is 9.75. The van der Waals surface area contributed by atoms with Crippen molar-refractivity contribution in [1.29, 1.82) is 0 Å². The molecule has 1 amide bonds. The van der Waals surface area contributed by atoms with Crippen molar-refractivity contribution >= 4 is 17.8 Å². The van der Waals surface area contributed by atoms with Crippen LogP contribution in [0.5, 0.6) is 0 Å². The molecular weight excluding hydrogens is 310 g/mol. The number of Topliss-reactive ketones (excluding diaryl/α,β-unsaturated/α-hetero) is 1. The Bertz CT molecular complexity index is 604. The van der Waals surface area contributed by atoms with E-state index in [0.29, 0.717) is 0 Å². The van der Waals surface area contributed by atoms with E-state index in [9.17, 15) is 14.4 Å². The Balaban J connectivity index is 2.89. The topological polar surface area (TPSA) is 81.7 Å². The molecule has 0 aliphatic rings. The van der Waals surface area contributed by atoms with Crippen LogP contribution in [0.1, 0.15) is 50.8 Å². The summed E-state index contributed by atoms with van der Waals surface area (Å²) in [4.78, 5) is 35.4. The molecule has 1 atom stereocenters. The molecule has 1 aromatic rings. The molecule has 0 saturated carbocycles. The molecule has 1 rings (SSSR count). The Morgan fingerprint density at radius 2 is 1.88 bits per heavy atom. The number of nitrogens with one attached hydrogen (secondary N) is 1. The van der Waals surface area contributed by atoms with E-state index >= 15 is 0 Å². The van der Waals surface area contributed by atoms with Crippen LogP contribution in [0.25, 0.3) is 0 Å². The number of carbonyl (C=O) groups excluding carboxylic acids is 3. The van der Waals surface area contributed by atoms with Crippen LogP contribution < -0.4 is 5.32 Å². The SMILES string of the molecule is COC(=O)CC(=O)CC(NC(=O)OC(C)(C)C)c1cccc(C)c1. The van der Waals surface area contributed by atoms with Gasteiger partial charge in [-0.2, -0.15) is 0 Å². The maximum atomic E-state index is 12.1. The van der Waals surface area contributed by atoms with Gasteiger partial charge < -0.3 is 14.8 Å². The van der Waals surface area contributed by atoms with Crippen LogP contribution in [0.4, 0.5) is 4.79 Å². The number of esters is 1. The van der Waals surface area contributed by atoms with Crippen LogP contribution in [0.3, 0.4) is 0 Å². The van der Waals surface area contributed by atoms with Crippen molar-refractivity contribution in [2.24, 2.45) is 0 Å². The second-order valence-corrected chi connectivity index (χ2v) is 6.61. The van der Waals surface area contributed by atoms with Crippen molar-refractivity contribution in [1.82, 2.24) is 5.32 Å². The molecule has 6 nitrogen and oxygen atoms in total. The van der Waals surface area contributed by atoms with Gasteiger partial charge in [-0.15, -0.1) is 0 Å². The molecule has 0 radical (unpaired) electrons. The maximum Gasteiger partial charge on any atom is 0.408 e. The molecule has 0 aliphatic heterocycles. The number of aryl methyl sites for hydroxylation is 1. The lowest BCUT2D eigenvalue weighted by Crippen LogP contribution is -2.36. The summed E-state index contributed by atoms with van der Waals surface area (Å²) in [5.74, 6) is -0.912. The number of methoxy groups -OCH3 is 1. The van der Waals surface area contributed by atoms with Crippen LogP contribution >= 0.6 is 0 Å². The first-order valence-corrected chi connectivity index (χ1v) is 7.75. The van der Waals surface area contributed by atoms with Gasteiger partial charge in [0.05, 0.1) is 13.2 Å². The molecule has 0 bridgehead atoms. The lowest BCUT2D eigenvalue weighted by atomic mass is 9.99. The van der Waals surface area contributed by atoms with Crippen LogP contribution in [-0.4, -0.2) is 30.6 Å². The van der Waals surface area contributed by atoms with E-state index in [1.54, 1.807) is 20.8 Å². The van der Waals surface area contributed by atoms with Crippen molar-refractivity contribution < 1.29 is 23.9 Å². The predicted molar refractivity (Wildman–Crippen MR) is 89.5 cm³/mol. The normalized spacial score (nSPS) is 12.2. The number of hydrogen-bond acceptors (Lipinski definition) is 5. The smallest absolute Gasteiger partial charge is 0.408 e. The molecule has 1 aromatic carbocycles. The van der Waals surface area contributed by atoms with E-state index in [1.165, 1.54) is 7.11 Å². The van der Waals surface area contributed by atoms with E-state index < -0.39 is 23.7 Å². The third kappa shape index (κ3) is 7.26. The number of carbonyl (C=O) groups is 3. The number of benzene rings is 1. The summed E-state index contributed by atoms with van der Waals surface area (Å²) in [6.07, 6.45) is -0.952. The minimum atomic E-state index is -0.642. The molecule has 1 unspecified atom stereocenters. The number of ketones is 1. The number of rotatable bonds is 6. The van der Waals surface area contributed by atoms with E-state index in [0.717, 1.165) is 11.1 Å². The van der Waals surface area contributed by atoms with Crippen LogP contribution in [0, 0.1) is 6.92 Å². The quantitative estimate of drug-likeness (QED) is 0.638. The molecule has 1 N–H and O–H groups in total. The van der Waals surface area contributed by atoms with E-state index in [4.69, 9.17) is 4.74 Å². The molecule has 132 valence electrons. The zero-order valence-corrected chi connectivity index (χ0v) is 14.8. The van der Waals surface area contributed by atoms with Crippen LogP contribution in [0.2, 0.25) is 0 Å². The Labute approximate surface area is 142 Å². The maximum absolute atomic E-state index is 12.1. The van der Waals surface area contributed by atoms with Crippen molar-refractivity contribution in [3.05, 3.63) is 35.4 Å². The minimum absolute atomic E-state index is 0.0161. The van der Waals surface area contributed by atoms with Gasteiger partial charge in [0.1, 0.15) is 17.8 Å². The van der Waals surface area contributed by atoms with E-state index in [-0.39, 0.29) is 18.6 Å². The first-order chi connectivity index (χ1) is 11.1. The summed E-state index contributed by atoms with van der Waals surface area (Å²) in [7, 11) is 1.23. The summed E-state index contributed by atoms with van der Waals surface area (Å²) >= 11 is 0. The number of ether oxygens (including phenoxy) is 2. The number of amides is 1. The van der Waals surface area contributed by atoms with Crippen LogP contribution in [-0.2, 0) is 19.1 Å². The molecule has 0 aromatic heterocycles. The van der Waals surface area contributed by atoms with E-state index in [2.05, 4.69) is 10.1 Å². The van der Waals surface area contributed by atoms with Gasteiger partial charge in [0, 0.05) is 6.42 Å². The Hall–Kier alpha value is -2.37. The Morgan fingerprint density at radius 3 is 2.42 bits per heavy atom. The van der Waals surface area contributed by atoms with Crippen molar-refractivity contribution in [2.75, 3.05) is 7.11 Å². The highest BCUT2D eigenvalue weighted by molar-refractivity contribution is 5.95. The van der Waals surface area contributed by atoms with Gasteiger partial charge in [-0.05, 0) is 33.3 Å². The lowest BCUT2D eigenvalue weighted by Gasteiger charge is -2.24. The molecule has 0 heterocycles. The lowest BCUT2D eigenvalue weighted by molar-refractivity contribution is -0.143. The number of alkyl carbamates (subject to hydrolysis) is 1. The fourth-order valence-corrected chi connectivity index (χ4v) is 2.12. The molecular formula is C18H25NO5. The monoisotopic (exact) mass is 335 g/mol. The standard InChI is InChI=1S/C18H25NO5/c1-12-7-6-8-13(9-12)15(10-14(20)11-16(21)23-5)19-17(22)24-18(2,3)4/h6-9,15H,10-11H2,1-5H3,(H,19,22). The summed E-state index contributed by atoms with van der Waals surface area (Å²) in [5, 5.41) is 2.71. The zero-order chi connectivity index (χ0) is 18.3. The highest BCUT2D eigenvalue weighted by Crippen LogP contribution is 2.20. The minimum Gasteiger partial charge on any atom is -0.469 e. The van der Waals surface area contributed by atoms with Gasteiger partial charge in [-0.25, -0.2) is 4.79 Å². The van der Waals surface area contributed by atoms with E-state index in [1.807, 2.05) is 31.2 Å². The fraction of sp³-hybridized carbons (Fsp3) is 0.500.